The number of nitro benzene ring substituents is 1. The van der Waals surface area contributed by atoms with Gasteiger partial charge in [-0.15, -0.1) is 10.2 Å². The first kappa shape index (κ1) is 23.2. The Morgan fingerprint density at radius 3 is 2.53 bits per heavy atom. The number of hydrogen-bond donors (Lipinski definition) is 1. The molecule has 0 spiro atoms. The normalized spacial score (nSPS) is 10.9. The van der Waals surface area contributed by atoms with Crippen LogP contribution in [0.1, 0.15) is 0 Å². The monoisotopic (exact) mass is 496 g/mol. The van der Waals surface area contributed by atoms with E-state index in [0.717, 1.165) is 27.7 Å². The number of pyridine rings is 1. The van der Waals surface area contributed by atoms with Crippen molar-refractivity contribution < 1.29 is 9.72 Å². The molecule has 0 unspecified atom stereocenters. The van der Waals surface area contributed by atoms with Crippen LogP contribution in [0.25, 0.3) is 33.5 Å². The largest absolute Gasteiger partial charge is 0.320 e. The first-order valence-electron chi connectivity index (χ1n) is 11.0. The van der Waals surface area contributed by atoms with Crippen LogP contribution in [0.15, 0.2) is 90.1 Å². The molecule has 36 heavy (non-hydrogen) atoms. The van der Waals surface area contributed by atoms with Gasteiger partial charge in [-0.25, -0.2) is 4.98 Å². The molecule has 0 saturated heterocycles. The van der Waals surface area contributed by atoms with Crippen molar-refractivity contribution in [2.75, 3.05) is 11.1 Å². The summed E-state index contributed by atoms with van der Waals surface area (Å²) < 4.78 is 1.83. The minimum absolute atomic E-state index is 0.0182. The molecule has 1 amide bonds. The summed E-state index contributed by atoms with van der Waals surface area (Å²) in [5, 5.41) is 24.0. The zero-order chi connectivity index (χ0) is 25.1. The molecule has 0 aliphatic rings. The molecule has 2 aromatic heterocycles. The fourth-order valence-corrected chi connectivity index (χ4v) is 4.56. The van der Waals surface area contributed by atoms with E-state index in [0.29, 0.717) is 11.0 Å². The first-order valence-corrected chi connectivity index (χ1v) is 12.0. The molecule has 10 heteroatoms. The number of carbonyl (C=O) groups excluding carboxylic acids is 1. The molecule has 0 saturated carbocycles. The van der Waals surface area contributed by atoms with Crippen LogP contribution in [0.4, 0.5) is 11.4 Å². The summed E-state index contributed by atoms with van der Waals surface area (Å²) >= 11 is 1.20. The molecule has 1 N–H and O–H groups in total. The highest BCUT2D eigenvalue weighted by Crippen LogP contribution is 2.32. The number of carbonyl (C=O) groups is 1. The molecule has 3 aromatic carbocycles. The van der Waals surface area contributed by atoms with Gasteiger partial charge in [-0.1, -0.05) is 72.4 Å². The molecule has 9 nitrogen and oxygen atoms in total. The summed E-state index contributed by atoms with van der Waals surface area (Å²) in [5.41, 5.74) is 3.54. The minimum Gasteiger partial charge on any atom is -0.320 e. The predicted molar refractivity (Wildman–Crippen MR) is 140 cm³/mol. The Balaban J connectivity index is 1.41. The number of nitrogens with one attached hydrogen (secondary N) is 1. The number of benzene rings is 3. The van der Waals surface area contributed by atoms with Crippen molar-refractivity contribution in [3.63, 3.8) is 0 Å². The summed E-state index contributed by atoms with van der Waals surface area (Å²) in [4.78, 5) is 28.0. The standard InChI is InChI=1S/C26H20N6O3S/c1-31-25(19-15-22(17-9-3-2-4-10-17)27-20-12-6-5-11-18(19)20)29-30-26(31)36-16-24(33)28-21-13-7-8-14-23(21)32(34)35/h2-15H,16H2,1H3,(H,28,33). The molecule has 0 aliphatic heterocycles. The van der Waals surface area contributed by atoms with E-state index in [1.165, 1.54) is 23.9 Å². The van der Waals surface area contributed by atoms with E-state index in [9.17, 15) is 14.9 Å². The molecule has 2 heterocycles. The number of anilines is 1. The van der Waals surface area contributed by atoms with Crippen LogP contribution in [-0.4, -0.2) is 36.3 Å². The number of nitrogens with zero attached hydrogens (tertiary/aromatic N) is 5. The lowest BCUT2D eigenvalue weighted by Gasteiger charge is -2.10. The Kier molecular flexibility index (Phi) is 6.42. The van der Waals surface area contributed by atoms with Gasteiger partial charge in [0.2, 0.25) is 5.91 Å². The van der Waals surface area contributed by atoms with E-state index < -0.39 is 4.92 Å². The average Bonchev–Trinajstić information content (AvgIpc) is 3.27. The lowest BCUT2D eigenvalue weighted by Crippen LogP contribution is -2.15. The Morgan fingerprint density at radius 2 is 1.72 bits per heavy atom. The lowest BCUT2D eigenvalue weighted by atomic mass is 10.0. The van der Waals surface area contributed by atoms with Crippen molar-refractivity contribution in [1.82, 2.24) is 19.7 Å². The van der Waals surface area contributed by atoms with Crippen molar-refractivity contribution in [2.45, 2.75) is 5.16 Å². The smallest absolute Gasteiger partial charge is 0.292 e. The molecule has 0 fully saturated rings. The molecule has 178 valence electrons. The number of hydrogen-bond acceptors (Lipinski definition) is 7. The van der Waals surface area contributed by atoms with Crippen molar-refractivity contribution >= 4 is 39.9 Å². The SMILES string of the molecule is Cn1c(SCC(=O)Nc2ccccc2[N+](=O)[O-])nnc1-c1cc(-c2ccccc2)nc2ccccc12. The summed E-state index contributed by atoms with van der Waals surface area (Å²) in [6.07, 6.45) is 0. The van der Waals surface area contributed by atoms with Crippen LogP contribution in [0, 0.1) is 10.1 Å². The highest BCUT2D eigenvalue weighted by atomic mass is 32.2. The second kappa shape index (κ2) is 9.96. The van der Waals surface area contributed by atoms with Gasteiger partial charge < -0.3 is 9.88 Å². The fourth-order valence-electron chi connectivity index (χ4n) is 3.85. The molecule has 0 bridgehead atoms. The number of rotatable bonds is 7. The summed E-state index contributed by atoms with van der Waals surface area (Å²) in [7, 11) is 1.84. The second-order valence-corrected chi connectivity index (χ2v) is 8.86. The zero-order valence-corrected chi connectivity index (χ0v) is 20.0. The van der Waals surface area contributed by atoms with E-state index in [2.05, 4.69) is 15.5 Å². The Morgan fingerprint density at radius 1 is 1.00 bits per heavy atom. The fraction of sp³-hybridized carbons (Fsp3) is 0.0769. The van der Waals surface area contributed by atoms with Gasteiger partial charge in [0.1, 0.15) is 5.69 Å². The van der Waals surface area contributed by atoms with Crippen molar-refractivity contribution in [1.29, 1.82) is 0 Å². The number of thioether (sulfide) groups is 1. The molecule has 0 aliphatic carbocycles. The van der Waals surface area contributed by atoms with E-state index in [-0.39, 0.29) is 23.0 Å². The van der Waals surface area contributed by atoms with Gasteiger partial charge in [0.25, 0.3) is 5.69 Å². The van der Waals surface area contributed by atoms with Crippen LogP contribution in [-0.2, 0) is 11.8 Å². The quantitative estimate of drug-likeness (QED) is 0.184. The van der Waals surface area contributed by atoms with Crippen LogP contribution in [0.2, 0.25) is 0 Å². The maximum absolute atomic E-state index is 12.5. The van der Waals surface area contributed by atoms with E-state index in [1.807, 2.05) is 72.3 Å². The van der Waals surface area contributed by atoms with Gasteiger partial charge in [-0.05, 0) is 18.2 Å². The van der Waals surface area contributed by atoms with Crippen molar-refractivity contribution in [3.8, 4) is 22.6 Å². The maximum atomic E-state index is 12.5. The van der Waals surface area contributed by atoms with Crippen LogP contribution < -0.4 is 5.32 Å². The third-order valence-corrected chi connectivity index (χ3v) is 6.59. The number of para-hydroxylation sites is 3. The van der Waals surface area contributed by atoms with Gasteiger partial charge in [0.15, 0.2) is 11.0 Å². The van der Waals surface area contributed by atoms with E-state index >= 15 is 0 Å². The van der Waals surface area contributed by atoms with Crippen LogP contribution >= 0.6 is 11.8 Å². The average molecular weight is 497 g/mol. The highest BCUT2D eigenvalue weighted by Gasteiger charge is 2.19. The third-order valence-electron chi connectivity index (χ3n) is 5.57. The molecule has 5 aromatic rings. The number of fused-ring (bicyclic) bond motifs is 1. The van der Waals surface area contributed by atoms with Gasteiger partial charge in [-0.2, -0.15) is 0 Å². The van der Waals surface area contributed by atoms with E-state index in [1.54, 1.807) is 12.1 Å². The van der Waals surface area contributed by atoms with Crippen LogP contribution in [0.5, 0.6) is 0 Å². The predicted octanol–water partition coefficient (Wildman–Crippen LogP) is 5.34. The number of aromatic nitrogens is 4. The van der Waals surface area contributed by atoms with E-state index in [4.69, 9.17) is 4.98 Å². The molecule has 0 radical (unpaired) electrons. The molecular weight excluding hydrogens is 476 g/mol. The second-order valence-electron chi connectivity index (χ2n) is 7.91. The Labute approximate surface area is 210 Å². The molecule has 5 rings (SSSR count). The van der Waals surface area contributed by atoms with Crippen LogP contribution in [0.3, 0.4) is 0 Å². The van der Waals surface area contributed by atoms with Crippen molar-refractivity contribution in [2.24, 2.45) is 7.05 Å². The van der Waals surface area contributed by atoms with Crippen molar-refractivity contribution in [3.05, 3.63) is 95.0 Å². The Bertz CT molecular complexity index is 1590. The maximum Gasteiger partial charge on any atom is 0.292 e. The number of amides is 1. The third kappa shape index (κ3) is 4.66. The first-order chi connectivity index (χ1) is 17.5. The number of nitro groups is 1. The summed E-state index contributed by atoms with van der Waals surface area (Å²) in [5.74, 6) is 0.289. The Hall–Kier alpha value is -4.57. The lowest BCUT2D eigenvalue weighted by molar-refractivity contribution is -0.383. The summed E-state index contributed by atoms with van der Waals surface area (Å²) in [6.45, 7) is 0. The highest BCUT2D eigenvalue weighted by molar-refractivity contribution is 7.99. The van der Waals surface area contributed by atoms with Gasteiger partial charge in [0, 0.05) is 29.6 Å². The minimum atomic E-state index is -0.527. The summed E-state index contributed by atoms with van der Waals surface area (Å²) in [6, 6.07) is 25.8. The topological polar surface area (TPSA) is 116 Å². The van der Waals surface area contributed by atoms with Gasteiger partial charge in [0.05, 0.1) is 21.9 Å². The van der Waals surface area contributed by atoms with Gasteiger partial charge >= 0.3 is 0 Å². The molecular formula is C26H20N6O3S. The van der Waals surface area contributed by atoms with Gasteiger partial charge in [-0.3, -0.25) is 14.9 Å². The molecule has 0 atom stereocenters. The zero-order valence-electron chi connectivity index (χ0n) is 19.2.